The summed E-state index contributed by atoms with van der Waals surface area (Å²) in [5.41, 5.74) is 0.0219. The zero-order valence-corrected chi connectivity index (χ0v) is 11.8. The van der Waals surface area contributed by atoms with Crippen molar-refractivity contribution in [1.29, 1.82) is 0 Å². The Morgan fingerprint density at radius 3 is 2.12 bits per heavy atom. The zero-order valence-electron chi connectivity index (χ0n) is 11.8. The molecule has 0 radical (unpaired) electrons. The van der Waals surface area contributed by atoms with Crippen LogP contribution in [0.4, 0.5) is 0 Å². The Morgan fingerprint density at radius 2 is 1.82 bits per heavy atom. The highest BCUT2D eigenvalue weighted by molar-refractivity contribution is 5.86. The molecule has 17 heavy (non-hydrogen) atoms. The molecule has 0 aromatic carbocycles. The summed E-state index contributed by atoms with van der Waals surface area (Å²) in [6, 6.07) is 0. The first-order valence-electron chi connectivity index (χ1n) is 5.94. The maximum absolute atomic E-state index is 10.8. The number of rotatable bonds is 2. The van der Waals surface area contributed by atoms with Gasteiger partial charge in [-0.2, -0.15) is 0 Å². The number of hydrogen-bond donors (Lipinski definition) is 1. The lowest BCUT2D eigenvalue weighted by atomic mass is 9.82. The highest BCUT2D eigenvalue weighted by Gasteiger charge is 2.28. The van der Waals surface area contributed by atoms with Crippen LogP contribution in [-0.2, 0) is 0 Å². The van der Waals surface area contributed by atoms with Crippen LogP contribution in [0.25, 0.3) is 0 Å². The maximum Gasteiger partial charge on any atom is 0.358 e. The van der Waals surface area contributed by atoms with Crippen molar-refractivity contribution in [3.05, 3.63) is 17.3 Å². The Kier molecular flexibility index (Phi) is 5.39. The van der Waals surface area contributed by atoms with Crippen LogP contribution < -0.4 is 0 Å². The molecule has 0 fully saturated rings. The van der Waals surface area contributed by atoms with Gasteiger partial charge in [-0.1, -0.05) is 41.5 Å². The fraction of sp³-hybridized carbons (Fsp3) is 0.692. The molecule has 1 unspecified atom stereocenters. The van der Waals surface area contributed by atoms with Crippen molar-refractivity contribution in [1.82, 2.24) is 4.98 Å². The van der Waals surface area contributed by atoms with Crippen LogP contribution in [0, 0.1) is 12.3 Å². The van der Waals surface area contributed by atoms with Crippen molar-refractivity contribution in [3.8, 4) is 0 Å². The number of carboxylic acid groups (broad SMARTS) is 1. The molecule has 98 valence electrons. The normalized spacial score (nSPS) is 12.6. The highest BCUT2D eigenvalue weighted by Crippen LogP contribution is 2.34. The molecule has 0 spiro atoms. The lowest BCUT2D eigenvalue weighted by molar-refractivity contribution is 0.0689. The lowest BCUT2D eigenvalue weighted by Crippen LogP contribution is -2.15. The van der Waals surface area contributed by atoms with Crippen molar-refractivity contribution in [2.75, 3.05) is 0 Å². The van der Waals surface area contributed by atoms with Crippen LogP contribution in [-0.4, -0.2) is 16.1 Å². The molecule has 1 rings (SSSR count). The van der Waals surface area contributed by atoms with Gasteiger partial charge in [-0.05, 0) is 12.3 Å². The first-order valence-corrected chi connectivity index (χ1v) is 5.94. The van der Waals surface area contributed by atoms with E-state index in [0.29, 0.717) is 11.7 Å². The topological polar surface area (TPSA) is 63.3 Å². The van der Waals surface area contributed by atoms with Gasteiger partial charge in [-0.15, -0.1) is 0 Å². The van der Waals surface area contributed by atoms with E-state index in [1.807, 2.05) is 20.8 Å². The molecule has 4 nitrogen and oxygen atoms in total. The van der Waals surface area contributed by atoms with Gasteiger partial charge in [0.1, 0.15) is 5.76 Å². The summed E-state index contributed by atoms with van der Waals surface area (Å²) in [7, 11) is 0. The molecule has 0 saturated carbocycles. The van der Waals surface area contributed by atoms with Crippen molar-refractivity contribution in [2.45, 2.75) is 54.4 Å². The number of aromatic nitrogens is 1. The summed E-state index contributed by atoms with van der Waals surface area (Å²) >= 11 is 0. The summed E-state index contributed by atoms with van der Waals surface area (Å²) in [6.07, 6.45) is 0. The Labute approximate surface area is 103 Å². The zero-order chi connectivity index (χ0) is 13.8. The third-order valence-electron chi connectivity index (χ3n) is 2.69. The fourth-order valence-corrected chi connectivity index (χ4v) is 1.17. The van der Waals surface area contributed by atoms with Crippen LogP contribution >= 0.6 is 0 Å². The smallest absolute Gasteiger partial charge is 0.358 e. The number of aryl methyl sites for hydroxylation is 1. The first-order chi connectivity index (χ1) is 7.73. The Bertz CT molecular complexity index is 375. The number of carboxylic acids is 1. The molecule has 0 saturated heterocycles. The van der Waals surface area contributed by atoms with Gasteiger partial charge in [-0.3, -0.25) is 0 Å². The van der Waals surface area contributed by atoms with E-state index in [2.05, 4.69) is 25.8 Å². The van der Waals surface area contributed by atoms with Gasteiger partial charge >= 0.3 is 5.97 Å². The van der Waals surface area contributed by atoms with Crippen LogP contribution in [0.2, 0.25) is 0 Å². The minimum atomic E-state index is -1.04. The third-order valence-corrected chi connectivity index (χ3v) is 2.69. The maximum atomic E-state index is 10.8. The monoisotopic (exact) mass is 241 g/mol. The van der Waals surface area contributed by atoms with Crippen LogP contribution in [0.3, 0.4) is 0 Å². The van der Waals surface area contributed by atoms with E-state index in [4.69, 9.17) is 9.52 Å². The van der Waals surface area contributed by atoms with Gasteiger partial charge in [0.2, 0.25) is 0 Å². The van der Waals surface area contributed by atoms with E-state index in [0.717, 1.165) is 0 Å². The predicted octanol–water partition coefficient (Wildman–Crippen LogP) is 3.86. The Hall–Kier alpha value is -1.32. The molecule has 0 bridgehead atoms. The number of nitrogens with zero attached hydrogens (tertiary/aromatic N) is 1. The summed E-state index contributed by atoms with van der Waals surface area (Å²) in [6.45, 7) is 13.8. The number of hydrogen-bond acceptors (Lipinski definition) is 3. The molecule has 0 aliphatic carbocycles. The minimum absolute atomic E-state index is 0.00701. The summed E-state index contributed by atoms with van der Waals surface area (Å²) in [5, 5.41) is 8.84. The quantitative estimate of drug-likeness (QED) is 0.854. The SMILES string of the molecule is CC.Cc1oc(C(C)C(C)(C)C)nc1C(=O)O. The van der Waals surface area contributed by atoms with Crippen LogP contribution in [0.5, 0.6) is 0 Å². The van der Waals surface area contributed by atoms with Crippen molar-refractivity contribution >= 4 is 5.97 Å². The summed E-state index contributed by atoms with van der Waals surface area (Å²) in [4.78, 5) is 14.8. The van der Waals surface area contributed by atoms with E-state index in [1.165, 1.54) is 0 Å². The summed E-state index contributed by atoms with van der Waals surface area (Å²) in [5.74, 6) is -0.0843. The third kappa shape index (κ3) is 3.88. The molecule has 1 heterocycles. The lowest BCUT2D eigenvalue weighted by Gasteiger charge is -2.24. The largest absolute Gasteiger partial charge is 0.476 e. The average molecular weight is 241 g/mol. The highest BCUT2D eigenvalue weighted by atomic mass is 16.4. The molecule has 1 aromatic rings. The van der Waals surface area contributed by atoms with E-state index < -0.39 is 5.97 Å². The van der Waals surface area contributed by atoms with Gasteiger partial charge in [-0.25, -0.2) is 9.78 Å². The van der Waals surface area contributed by atoms with Crippen molar-refractivity contribution in [2.24, 2.45) is 5.41 Å². The van der Waals surface area contributed by atoms with Crippen LogP contribution in [0.1, 0.15) is 69.6 Å². The van der Waals surface area contributed by atoms with Gasteiger partial charge < -0.3 is 9.52 Å². The summed E-state index contributed by atoms with van der Waals surface area (Å²) < 4.78 is 5.37. The van der Waals surface area contributed by atoms with Gasteiger partial charge in [0.15, 0.2) is 11.6 Å². The second kappa shape index (κ2) is 5.84. The molecule has 1 atom stereocenters. The molecule has 0 amide bonds. The molecule has 4 heteroatoms. The second-order valence-corrected chi connectivity index (χ2v) is 4.85. The molecule has 0 aliphatic rings. The Balaban J connectivity index is 0.00000121. The fourth-order valence-electron chi connectivity index (χ4n) is 1.17. The van der Waals surface area contributed by atoms with Gasteiger partial charge in [0, 0.05) is 5.92 Å². The molecular weight excluding hydrogens is 218 g/mol. The standard InChI is InChI=1S/C11H17NO3.C2H6/c1-6(11(3,4)5)9-12-8(10(13)14)7(2)15-9;1-2/h6H,1-5H3,(H,13,14);1-2H3. The minimum Gasteiger partial charge on any atom is -0.476 e. The van der Waals surface area contributed by atoms with E-state index in [1.54, 1.807) is 6.92 Å². The Morgan fingerprint density at radius 1 is 1.35 bits per heavy atom. The molecule has 1 N–H and O–H groups in total. The molecule has 1 aromatic heterocycles. The van der Waals surface area contributed by atoms with E-state index in [-0.39, 0.29) is 17.0 Å². The van der Waals surface area contributed by atoms with E-state index in [9.17, 15) is 4.79 Å². The average Bonchev–Trinajstić information content (AvgIpc) is 2.61. The first kappa shape index (κ1) is 15.7. The predicted molar refractivity (Wildman–Crippen MR) is 67.4 cm³/mol. The molecular formula is C13H23NO3. The van der Waals surface area contributed by atoms with Crippen LogP contribution in [0.15, 0.2) is 4.42 Å². The number of oxazole rings is 1. The van der Waals surface area contributed by atoms with Crippen molar-refractivity contribution in [3.63, 3.8) is 0 Å². The van der Waals surface area contributed by atoms with Gasteiger partial charge in [0.25, 0.3) is 0 Å². The second-order valence-electron chi connectivity index (χ2n) is 4.85. The van der Waals surface area contributed by atoms with Gasteiger partial charge in [0.05, 0.1) is 0 Å². The number of aromatic carboxylic acids is 1. The molecule has 0 aliphatic heterocycles. The van der Waals surface area contributed by atoms with Crippen molar-refractivity contribution < 1.29 is 14.3 Å². The van der Waals surface area contributed by atoms with E-state index >= 15 is 0 Å². The number of carbonyl (C=O) groups is 1.